The van der Waals surface area contributed by atoms with E-state index in [4.69, 9.17) is 28.4 Å². The Morgan fingerprint density at radius 1 is 0.481 bits per heavy atom. The minimum Gasteiger partial charge on any atom is -0.477 e. The van der Waals surface area contributed by atoms with E-state index in [9.17, 15) is 75.7 Å². The molecule has 3 aliphatic heterocycles. The summed E-state index contributed by atoms with van der Waals surface area (Å²) in [6.07, 6.45) is 39.6. The molecule has 106 heavy (non-hydrogen) atoms. The number of hydrogen-bond acceptors (Lipinski definition) is 20. The van der Waals surface area contributed by atoms with Gasteiger partial charge in [-0.25, -0.2) is 4.79 Å². The first-order valence-corrected chi connectivity index (χ1v) is 43.0. The van der Waals surface area contributed by atoms with Crippen molar-refractivity contribution >= 4 is 17.8 Å². The van der Waals surface area contributed by atoms with Crippen molar-refractivity contribution in [3.05, 3.63) is 12.2 Å². The number of hydrogen-bond donors (Lipinski definition) is 14. The van der Waals surface area contributed by atoms with Crippen LogP contribution in [0.25, 0.3) is 0 Å². The first-order valence-electron chi connectivity index (χ1n) is 43.0. The fraction of sp³-hybridized carbons (Fsp3) is 0.940. The van der Waals surface area contributed by atoms with E-state index in [1.54, 1.807) is 0 Å². The molecule has 0 aromatic rings. The van der Waals surface area contributed by atoms with Crippen molar-refractivity contribution in [1.29, 1.82) is 0 Å². The van der Waals surface area contributed by atoms with Crippen LogP contribution < -0.4 is 10.6 Å². The monoisotopic (exact) mass is 1520 g/mol. The van der Waals surface area contributed by atoms with E-state index < -0.39 is 148 Å². The number of ether oxygens (including phenoxy) is 6. The Morgan fingerprint density at radius 3 is 1.27 bits per heavy atom. The molecule has 18 unspecified atom stereocenters. The van der Waals surface area contributed by atoms with Gasteiger partial charge in [0.2, 0.25) is 11.8 Å². The van der Waals surface area contributed by atoms with E-state index in [1.807, 2.05) is 0 Å². The van der Waals surface area contributed by atoms with Crippen LogP contribution in [0.5, 0.6) is 0 Å². The molecule has 3 aliphatic rings. The Morgan fingerprint density at radius 2 is 0.877 bits per heavy atom. The summed E-state index contributed by atoms with van der Waals surface area (Å²) < 4.78 is 35.0. The number of aliphatic hydroxyl groups excluding tert-OH is 11. The number of unbranched alkanes of at least 4 members (excludes halogenated alkanes) is 47. The molecule has 2 amide bonds. The second-order valence-corrected chi connectivity index (χ2v) is 31.4. The highest BCUT2D eigenvalue weighted by molar-refractivity contribution is 5.77. The Balaban J connectivity index is 1.40. The van der Waals surface area contributed by atoms with E-state index in [2.05, 4.69) is 36.6 Å². The summed E-state index contributed by atoms with van der Waals surface area (Å²) in [5.41, 5.74) is 0. The summed E-state index contributed by atoms with van der Waals surface area (Å²) in [5, 5.41) is 137. The number of rotatable bonds is 69. The van der Waals surface area contributed by atoms with Gasteiger partial charge in [-0.1, -0.05) is 315 Å². The van der Waals surface area contributed by atoms with Crippen molar-refractivity contribution in [2.45, 2.75) is 471 Å². The van der Waals surface area contributed by atoms with Crippen LogP contribution >= 0.6 is 0 Å². The van der Waals surface area contributed by atoms with Crippen LogP contribution in [-0.2, 0) is 42.8 Å². The van der Waals surface area contributed by atoms with Gasteiger partial charge in [0.05, 0.1) is 50.7 Å². The van der Waals surface area contributed by atoms with Gasteiger partial charge in [-0.2, -0.15) is 0 Å². The van der Waals surface area contributed by atoms with Crippen LogP contribution in [0.3, 0.4) is 0 Å². The fourth-order valence-corrected chi connectivity index (χ4v) is 15.2. The predicted octanol–water partition coefficient (Wildman–Crippen LogP) is 12.5. The molecule has 0 radical (unpaired) electrons. The lowest BCUT2D eigenvalue weighted by molar-refractivity contribution is -0.386. The van der Waals surface area contributed by atoms with Crippen LogP contribution in [0, 0.1) is 0 Å². The molecule has 3 saturated heterocycles. The number of aliphatic hydroxyl groups is 11. The Bertz CT molecular complexity index is 2150. The predicted molar refractivity (Wildman–Crippen MR) is 412 cm³/mol. The summed E-state index contributed by atoms with van der Waals surface area (Å²) in [5.74, 6) is -6.09. The van der Waals surface area contributed by atoms with E-state index in [0.29, 0.717) is 19.3 Å². The maximum Gasteiger partial charge on any atom is 0.364 e. The molecule has 0 aromatic heterocycles. The maximum atomic E-state index is 13.6. The standard InChI is InChI=1S/C83H156N2O21/c1-4-6-8-10-12-14-16-18-20-21-22-23-24-25-26-27-28-29-30-31-32-33-34-35-36-37-38-39-40-41-43-45-47-49-51-53-55-57-70(93)85-64(65(90)56-54-52-50-48-46-44-42-19-17-15-13-11-9-7-5-2)62-101-80-75(97)74(96)77(69(61-88)103-80)104-81-76(98)79(73(95)68(60-87)102-81)106-83(82(99)100)58-66(91)71(84-63(3)89)78(105-83)72(94)67(92)59-86/h29-30,64-69,71-81,86-88,90-92,94-98H,4-28,31-62H2,1-3H3,(H,84,89)(H,85,93)(H,99,100)/b30-29-. The zero-order valence-electron chi connectivity index (χ0n) is 66.3. The minimum atomic E-state index is -3.08. The van der Waals surface area contributed by atoms with Gasteiger partial charge >= 0.3 is 5.97 Å². The van der Waals surface area contributed by atoms with E-state index in [1.165, 1.54) is 257 Å². The van der Waals surface area contributed by atoms with Crippen LogP contribution in [0.1, 0.15) is 361 Å². The number of carbonyl (C=O) groups is 3. The summed E-state index contributed by atoms with van der Waals surface area (Å²) in [6.45, 7) is 2.26. The molecule has 624 valence electrons. The molecule has 3 fully saturated rings. The third-order valence-electron chi connectivity index (χ3n) is 22.0. The molecule has 3 rings (SSSR count). The molecule has 14 N–H and O–H groups in total. The summed E-state index contributed by atoms with van der Waals surface area (Å²) in [7, 11) is 0. The molecular weight excluding hydrogens is 1360 g/mol. The van der Waals surface area contributed by atoms with Gasteiger partial charge in [-0.3, -0.25) is 9.59 Å². The number of carboxylic acids is 1. The van der Waals surface area contributed by atoms with Gasteiger partial charge in [0.25, 0.3) is 5.79 Å². The van der Waals surface area contributed by atoms with Crippen molar-refractivity contribution in [2.24, 2.45) is 0 Å². The molecule has 0 saturated carbocycles. The lowest BCUT2D eigenvalue weighted by Crippen LogP contribution is -2.70. The van der Waals surface area contributed by atoms with Gasteiger partial charge in [-0.15, -0.1) is 0 Å². The topological polar surface area (TPSA) is 373 Å². The molecule has 0 bridgehead atoms. The Kier molecular flexibility index (Phi) is 57.1. The van der Waals surface area contributed by atoms with Gasteiger partial charge in [0, 0.05) is 19.8 Å². The number of carboxylic acid groups (broad SMARTS) is 1. The molecule has 23 nitrogen and oxygen atoms in total. The van der Waals surface area contributed by atoms with Crippen LogP contribution in [0.4, 0.5) is 0 Å². The highest BCUT2D eigenvalue weighted by Crippen LogP contribution is 2.39. The normalized spacial score (nSPS) is 26.1. The third-order valence-corrected chi connectivity index (χ3v) is 22.0. The lowest BCUT2D eigenvalue weighted by Gasteiger charge is -2.50. The van der Waals surface area contributed by atoms with Gasteiger partial charge in [0.15, 0.2) is 12.6 Å². The molecule has 18 atom stereocenters. The number of amides is 2. The summed E-state index contributed by atoms with van der Waals surface area (Å²) in [6, 6.07) is -2.53. The second kappa shape index (κ2) is 62.0. The summed E-state index contributed by atoms with van der Waals surface area (Å²) in [4.78, 5) is 38.7. The molecular formula is C83H156N2O21. The molecule has 0 aliphatic carbocycles. The molecule has 0 spiro atoms. The van der Waals surface area contributed by atoms with E-state index in [-0.39, 0.29) is 18.9 Å². The number of nitrogens with one attached hydrogen (secondary N) is 2. The molecule has 0 aromatic carbocycles. The lowest BCUT2D eigenvalue weighted by atomic mass is 9.88. The highest BCUT2D eigenvalue weighted by atomic mass is 16.8. The number of carbonyl (C=O) groups excluding carboxylic acids is 2. The van der Waals surface area contributed by atoms with Crippen molar-refractivity contribution in [3.63, 3.8) is 0 Å². The number of aliphatic carboxylic acids is 1. The fourth-order valence-electron chi connectivity index (χ4n) is 15.2. The van der Waals surface area contributed by atoms with Crippen molar-refractivity contribution in [2.75, 3.05) is 26.4 Å². The smallest absolute Gasteiger partial charge is 0.364 e. The van der Waals surface area contributed by atoms with E-state index >= 15 is 0 Å². The van der Waals surface area contributed by atoms with E-state index in [0.717, 1.165) is 58.3 Å². The highest BCUT2D eigenvalue weighted by Gasteiger charge is 2.60. The number of allylic oxidation sites excluding steroid dienone is 2. The Hall–Kier alpha value is -2.53. The van der Waals surface area contributed by atoms with Crippen molar-refractivity contribution < 1.29 is 104 Å². The van der Waals surface area contributed by atoms with Crippen molar-refractivity contribution in [1.82, 2.24) is 10.6 Å². The largest absolute Gasteiger partial charge is 0.477 e. The SMILES string of the molecule is CCCCCCCCCCCCCCCCCC/C=C\CCCCCCCCCCCCCCCCCCCC(=O)NC(COC1OC(CO)C(OC2OC(CO)C(O)C(OC3(C(=O)O)CC(O)C(NC(C)=O)C(C(O)C(O)CO)O3)C2O)C(O)C1O)C(O)CCCCCCCCCCCCCCCCC. The van der Waals surface area contributed by atoms with Crippen molar-refractivity contribution in [3.8, 4) is 0 Å². The van der Waals surface area contributed by atoms with Gasteiger partial charge in [-0.05, 0) is 38.5 Å². The van der Waals surface area contributed by atoms with Crippen LogP contribution in [-0.4, -0.2) is 215 Å². The minimum absolute atomic E-state index is 0.227. The maximum absolute atomic E-state index is 13.6. The first kappa shape index (κ1) is 97.7. The molecule has 3 heterocycles. The average molecular weight is 1520 g/mol. The molecule has 23 heteroatoms. The second-order valence-electron chi connectivity index (χ2n) is 31.4. The van der Waals surface area contributed by atoms with Crippen LogP contribution in [0.2, 0.25) is 0 Å². The first-order chi connectivity index (χ1) is 51.4. The quantitative estimate of drug-likeness (QED) is 0.0199. The van der Waals surface area contributed by atoms with Crippen LogP contribution in [0.15, 0.2) is 12.2 Å². The zero-order chi connectivity index (χ0) is 77.4. The third kappa shape index (κ3) is 41.3. The average Bonchev–Trinajstić information content (AvgIpc) is 0.754. The Labute approximate surface area is 639 Å². The van der Waals surface area contributed by atoms with Gasteiger partial charge < -0.3 is 100 Å². The summed E-state index contributed by atoms with van der Waals surface area (Å²) >= 11 is 0. The zero-order valence-corrected chi connectivity index (χ0v) is 66.3. The van der Waals surface area contributed by atoms with Gasteiger partial charge in [0.1, 0.15) is 67.1 Å².